The minimum atomic E-state index is 1.29. The highest BCUT2D eigenvalue weighted by molar-refractivity contribution is 5.71. The van der Waals surface area contributed by atoms with Crippen LogP contribution in [0, 0.1) is 0 Å². The van der Waals surface area contributed by atoms with Crippen molar-refractivity contribution in [2.45, 2.75) is 44.9 Å². The molecule has 2 aliphatic rings. The van der Waals surface area contributed by atoms with Crippen LogP contribution in [0.2, 0.25) is 0 Å². The number of fused-ring (bicyclic) bond motifs is 1. The van der Waals surface area contributed by atoms with Crippen molar-refractivity contribution in [3.8, 4) is 0 Å². The first-order valence-electron chi connectivity index (χ1n) is 6.25. The van der Waals surface area contributed by atoms with Crippen LogP contribution in [0.25, 0.3) is 5.57 Å². The van der Waals surface area contributed by atoms with Crippen LogP contribution in [0.3, 0.4) is 0 Å². The highest BCUT2D eigenvalue weighted by Gasteiger charge is 2.16. The predicted molar refractivity (Wildman–Crippen MR) is 64.9 cm³/mol. The van der Waals surface area contributed by atoms with Gasteiger partial charge in [0.05, 0.1) is 0 Å². The van der Waals surface area contributed by atoms with Gasteiger partial charge in [0.2, 0.25) is 0 Å². The standard InChI is InChI=1S/C15H18/c1-2-7-12(6-1)15-11-5-9-13-8-3-4-10-14(13)15/h5-6,9,11H,1-4,7-8,10H2. The molecule has 0 radical (unpaired) electrons. The van der Waals surface area contributed by atoms with E-state index in [1.165, 1.54) is 44.9 Å². The van der Waals surface area contributed by atoms with Gasteiger partial charge in [0.25, 0.3) is 0 Å². The van der Waals surface area contributed by atoms with E-state index in [9.17, 15) is 0 Å². The lowest BCUT2D eigenvalue weighted by Gasteiger charge is -2.19. The zero-order valence-corrected chi connectivity index (χ0v) is 9.26. The topological polar surface area (TPSA) is 0 Å². The molecule has 15 heavy (non-hydrogen) atoms. The number of rotatable bonds is 1. The molecule has 0 bridgehead atoms. The number of aryl methyl sites for hydroxylation is 1. The Labute approximate surface area is 92.0 Å². The number of allylic oxidation sites excluding steroid dienone is 2. The fourth-order valence-corrected chi connectivity index (χ4v) is 3.00. The van der Waals surface area contributed by atoms with Gasteiger partial charge in [-0.1, -0.05) is 24.3 Å². The lowest BCUT2D eigenvalue weighted by atomic mass is 9.86. The first kappa shape index (κ1) is 9.21. The molecule has 0 heteroatoms. The molecule has 78 valence electrons. The van der Waals surface area contributed by atoms with Crippen molar-refractivity contribution in [1.29, 1.82) is 0 Å². The molecule has 1 aromatic carbocycles. The first-order chi connectivity index (χ1) is 7.45. The smallest absolute Gasteiger partial charge is 0.0193 e. The van der Waals surface area contributed by atoms with Gasteiger partial charge in [-0.25, -0.2) is 0 Å². The Hall–Kier alpha value is -1.04. The summed E-state index contributed by atoms with van der Waals surface area (Å²) in [4.78, 5) is 0. The molecule has 0 spiro atoms. The third-order valence-electron chi connectivity index (χ3n) is 3.78. The molecule has 0 saturated carbocycles. The Bertz CT molecular complexity index is 398. The molecule has 1 aromatic rings. The van der Waals surface area contributed by atoms with E-state index in [0.29, 0.717) is 0 Å². The van der Waals surface area contributed by atoms with Crippen molar-refractivity contribution in [3.05, 3.63) is 41.0 Å². The molecule has 0 fully saturated rings. The summed E-state index contributed by atoms with van der Waals surface area (Å²) in [6.45, 7) is 0. The maximum absolute atomic E-state index is 2.45. The van der Waals surface area contributed by atoms with Crippen molar-refractivity contribution < 1.29 is 0 Å². The Morgan fingerprint density at radius 2 is 1.80 bits per heavy atom. The highest BCUT2D eigenvalue weighted by atomic mass is 14.2. The van der Waals surface area contributed by atoms with Crippen LogP contribution in [-0.2, 0) is 12.8 Å². The van der Waals surface area contributed by atoms with Crippen LogP contribution in [0.5, 0.6) is 0 Å². The van der Waals surface area contributed by atoms with Crippen LogP contribution >= 0.6 is 0 Å². The van der Waals surface area contributed by atoms with E-state index in [2.05, 4.69) is 24.3 Å². The fourth-order valence-electron chi connectivity index (χ4n) is 3.00. The Morgan fingerprint density at radius 3 is 2.67 bits per heavy atom. The van der Waals surface area contributed by atoms with E-state index >= 15 is 0 Å². The Kier molecular flexibility index (Phi) is 2.36. The fraction of sp³-hybridized carbons (Fsp3) is 0.467. The summed E-state index contributed by atoms with van der Waals surface area (Å²) in [5.74, 6) is 0. The largest absolute Gasteiger partial charge is 0.0807 e. The second kappa shape index (κ2) is 3.84. The van der Waals surface area contributed by atoms with Crippen LogP contribution in [-0.4, -0.2) is 0 Å². The summed E-state index contributed by atoms with van der Waals surface area (Å²) in [7, 11) is 0. The van der Waals surface area contributed by atoms with Gasteiger partial charge in [-0.05, 0) is 67.2 Å². The van der Waals surface area contributed by atoms with Gasteiger partial charge in [-0.2, -0.15) is 0 Å². The van der Waals surface area contributed by atoms with E-state index in [4.69, 9.17) is 0 Å². The minimum Gasteiger partial charge on any atom is -0.0807 e. The maximum atomic E-state index is 2.45. The van der Waals surface area contributed by atoms with Crippen molar-refractivity contribution >= 4 is 5.57 Å². The van der Waals surface area contributed by atoms with Crippen molar-refractivity contribution in [2.75, 3.05) is 0 Å². The van der Waals surface area contributed by atoms with Crippen molar-refractivity contribution in [1.82, 2.24) is 0 Å². The molecule has 0 saturated heterocycles. The normalized spacial score (nSPS) is 19.9. The lowest BCUT2D eigenvalue weighted by molar-refractivity contribution is 0.684. The molecule has 0 heterocycles. The minimum absolute atomic E-state index is 1.29. The summed E-state index contributed by atoms with van der Waals surface area (Å²) in [6, 6.07) is 6.91. The average molecular weight is 198 g/mol. The molecule has 0 unspecified atom stereocenters. The zero-order valence-electron chi connectivity index (χ0n) is 9.26. The third kappa shape index (κ3) is 1.62. The molecular formula is C15H18. The zero-order chi connectivity index (χ0) is 10.1. The van der Waals surface area contributed by atoms with Gasteiger partial charge in [-0.3, -0.25) is 0 Å². The van der Waals surface area contributed by atoms with Gasteiger partial charge >= 0.3 is 0 Å². The number of hydrogen-bond acceptors (Lipinski definition) is 0. The molecule has 0 amide bonds. The third-order valence-corrected chi connectivity index (χ3v) is 3.78. The summed E-state index contributed by atoms with van der Waals surface area (Å²) >= 11 is 0. The van der Waals surface area contributed by atoms with Gasteiger partial charge < -0.3 is 0 Å². The summed E-state index contributed by atoms with van der Waals surface area (Å²) in [6.07, 6.45) is 11.8. The van der Waals surface area contributed by atoms with Crippen LogP contribution in [0.4, 0.5) is 0 Å². The van der Waals surface area contributed by atoms with Crippen LogP contribution in [0.15, 0.2) is 24.3 Å². The molecule has 2 aliphatic carbocycles. The number of benzene rings is 1. The highest BCUT2D eigenvalue weighted by Crippen LogP contribution is 2.34. The van der Waals surface area contributed by atoms with E-state index in [1.807, 2.05) is 0 Å². The molecule has 0 N–H and O–H groups in total. The maximum Gasteiger partial charge on any atom is -0.0193 e. The van der Waals surface area contributed by atoms with Gasteiger partial charge in [0.1, 0.15) is 0 Å². The van der Waals surface area contributed by atoms with Gasteiger partial charge in [0, 0.05) is 0 Å². The Balaban J connectivity index is 2.06. The molecule has 0 aromatic heterocycles. The summed E-state index contributed by atoms with van der Waals surface area (Å²) in [5.41, 5.74) is 6.47. The number of hydrogen-bond donors (Lipinski definition) is 0. The van der Waals surface area contributed by atoms with E-state index < -0.39 is 0 Å². The Morgan fingerprint density at radius 1 is 0.867 bits per heavy atom. The molecule has 3 rings (SSSR count). The van der Waals surface area contributed by atoms with Gasteiger partial charge in [-0.15, -0.1) is 0 Å². The second-order valence-corrected chi connectivity index (χ2v) is 4.77. The molecular weight excluding hydrogens is 180 g/mol. The first-order valence-corrected chi connectivity index (χ1v) is 6.25. The average Bonchev–Trinajstić information content (AvgIpc) is 2.82. The van der Waals surface area contributed by atoms with E-state index in [0.717, 1.165) is 0 Å². The lowest BCUT2D eigenvalue weighted by Crippen LogP contribution is -2.05. The molecule has 0 aliphatic heterocycles. The summed E-state index contributed by atoms with van der Waals surface area (Å²) in [5, 5.41) is 0. The predicted octanol–water partition coefficient (Wildman–Crippen LogP) is 4.13. The van der Waals surface area contributed by atoms with Crippen molar-refractivity contribution in [2.24, 2.45) is 0 Å². The molecule has 0 atom stereocenters. The quantitative estimate of drug-likeness (QED) is 0.636. The van der Waals surface area contributed by atoms with E-state index in [1.54, 1.807) is 22.3 Å². The van der Waals surface area contributed by atoms with E-state index in [-0.39, 0.29) is 0 Å². The second-order valence-electron chi connectivity index (χ2n) is 4.77. The van der Waals surface area contributed by atoms with Crippen LogP contribution < -0.4 is 0 Å². The van der Waals surface area contributed by atoms with Crippen molar-refractivity contribution in [3.63, 3.8) is 0 Å². The van der Waals surface area contributed by atoms with Gasteiger partial charge in [0.15, 0.2) is 0 Å². The monoisotopic (exact) mass is 198 g/mol. The summed E-state index contributed by atoms with van der Waals surface area (Å²) < 4.78 is 0. The molecule has 0 nitrogen and oxygen atoms in total. The van der Waals surface area contributed by atoms with Crippen LogP contribution in [0.1, 0.15) is 48.8 Å². The SMILES string of the molecule is C1=C(c2cccc3c2CCCC3)CCC1.